The van der Waals surface area contributed by atoms with Crippen LogP contribution in [-0.2, 0) is 19.5 Å². The number of rotatable bonds is 4. The molecule has 2 aliphatic rings. The summed E-state index contributed by atoms with van der Waals surface area (Å²) in [5.74, 6) is 0.137. The van der Waals surface area contributed by atoms with Gasteiger partial charge in [-0.2, -0.15) is 0 Å². The first-order valence-electron chi connectivity index (χ1n) is 7.53. The molecule has 0 spiro atoms. The summed E-state index contributed by atoms with van der Waals surface area (Å²) >= 11 is 0. The topological polar surface area (TPSA) is 55.8 Å². The third-order valence-electron chi connectivity index (χ3n) is 3.74. The molecule has 5 nitrogen and oxygen atoms in total. The van der Waals surface area contributed by atoms with Crippen LogP contribution in [0, 0.1) is 0 Å². The van der Waals surface area contributed by atoms with E-state index in [0.29, 0.717) is 19.7 Å². The Labute approximate surface area is 122 Å². The molecule has 0 bridgehead atoms. The Kier molecular flexibility index (Phi) is 5.10. The van der Waals surface area contributed by atoms with Crippen LogP contribution in [0.15, 0.2) is 0 Å². The average Bonchev–Trinajstić information content (AvgIpc) is 2.79. The number of sulfonamides is 1. The molecular formula is C14H27NO4S. The van der Waals surface area contributed by atoms with Gasteiger partial charge in [-0.15, -0.1) is 0 Å². The fourth-order valence-electron chi connectivity index (χ4n) is 2.84. The highest BCUT2D eigenvalue weighted by Crippen LogP contribution is 2.23. The Morgan fingerprint density at radius 2 is 1.85 bits per heavy atom. The van der Waals surface area contributed by atoms with Crippen molar-refractivity contribution in [2.75, 3.05) is 25.4 Å². The van der Waals surface area contributed by atoms with Crippen LogP contribution in [-0.4, -0.2) is 56.0 Å². The van der Waals surface area contributed by atoms with Crippen LogP contribution in [0.5, 0.6) is 0 Å². The van der Waals surface area contributed by atoms with Gasteiger partial charge in [-0.1, -0.05) is 0 Å². The van der Waals surface area contributed by atoms with Crippen molar-refractivity contribution >= 4 is 10.0 Å². The van der Waals surface area contributed by atoms with Gasteiger partial charge in [-0.05, 0) is 46.5 Å². The minimum atomic E-state index is -3.18. The number of nitrogens with zero attached hydrogens (tertiary/aromatic N) is 1. The Morgan fingerprint density at radius 1 is 1.20 bits per heavy atom. The third-order valence-corrected chi connectivity index (χ3v) is 5.68. The molecule has 118 valence electrons. The predicted octanol–water partition coefficient (Wildman–Crippen LogP) is 1.77. The van der Waals surface area contributed by atoms with Crippen molar-refractivity contribution in [2.45, 2.75) is 64.3 Å². The van der Waals surface area contributed by atoms with Crippen molar-refractivity contribution in [2.24, 2.45) is 0 Å². The molecule has 2 fully saturated rings. The van der Waals surface area contributed by atoms with E-state index < -0.39 is 10.0 Å². The molecule has 0 N–H and O–H groups in total. The second-order valence-corrected chi connectivity index (χ2v) is 8.76. The van der Waals surface area contributed by atoms with E-state index >= 15 is 0 Å². The van der Waals surface area contributed by atoms with Crippen molar-refractivity contribution < 1.29 is 17.9 Å². The largest absolute Gasteiger partial charge is 0.377 e. The first-order valence-corrected chi connectivity index (χ1v) is 9.14. The molecule has 2 aliphatic heterocycles. The smallest absolute Gasteiger partial charge is 0.216 e. The molecule has 0 aromatic carbocycles. The van der Waals surface area contributed by atoms with Gasteiger partial charge in [0.2, 0.25) is 10.0 Å². The van der Waals surface area contributed by atoms with Gasteiger partial charge in [0.1, 0.15) is 0 Å². The summed E-state index contributed by atoms with van der Waals surface area (Å²) in [5.41, 5.74) is -0.163. The van der Waals surface area contributed by atoms with Gasteiger partial charge in [0.15, 0.2) is 0 Å². The van der Waals surface area contributed by atoms with Crippen LogP contribution in [0.4, 0.5) is 0 Å². The minimum Gasteiger partial charge on any atom is -0.377 e. The van der Waals surface area contributed by atoms with E-state index in [2.05, 4.69) is 0 Å². The molecule has 6 heteroatoms. The Hall–Kier alpha value is -0.170. The van der Waals surface area contributed by atoms with E-state index in [-0.39, 0.29) is 23.6 Å². The zero-order valence-corrected chi connectivity index (χ0v) is 13.6. The molecule has 20 heavy (non-hydrogen) atoms. The first-order chi connectivity index (χ1) is 9.26. The molecule has 0 aromatic rings. The van der Waals surface area contributed by atoms with E-state index in [4.69, 9.17) is 9.47 Å². The van der Waals surface area contributed by atoms with Crippen molar-refractivity contribution in [3.05, 3.63) is 0 Å². The van der Waals surface area contributed by atoms with Crippen molar-refractivity contribution in [1.29, 1.82) is 0 Å². The highest BCUT2D eigenvalue weighted by Gasteiger charge is 2.32. The highest BCUT2D eigenvalue weighted by atomic mass is 32.2. The van der Waals surface area contributed by atoms with Crippen molar-refractivity contribution in [1.82, 2.24) is 4.31 Å². The SMILES string of the molecule is CC(C)(C)OC1CCN(S(=O)(=O)CC2CCCO2)CC1. The van der Waals surface area contributed by atoms with Crippen molar-refractivity contribution in [3.8, 4) is 0 Å². The van der Waals surface area contributed by atoms with Gasteiger partial charge in [0.05, 0.1) is 23.6 Å². The number of piperidine rings is 1. The van der Waals surface area contributed by atoms with E-state index in [1.165, 1.54) is 0 Å². The van der Waals surface area contributed by atoms with Crippen LogP contribution in [0.1, 0.15) is 46.5 Å². The van der Waals surface area contributed by atoms with Gasteiger partial charge < -0.3 is 9.47 Å². The van der Waals surface area contributed by atoms with Gasteiger partial charge in [0, 0.05) is 19.7 Å². The van der Waals surface area contributed by atoms with Crippen LogP contribution < -0.4 is 0 Å². The molecule has 0 aromatic heterocycles. The number of hydrogen-bond donors (Lipinski definition) is 0. The Balaban J connectivity index is 1.83. The molecule has 2 saturated heterocycles. The molecule has 0 aliphatic carbocycles. The van der Waals surface area contributed by atoms with Crippen LogP contribution in [0.3, 0.4) is 0 Å². The van der Waals surface area contributed by atoms with E-state index in [1.807, 2.05) is 20.8 Å². The van der Waals surface area contributed by atoms with Gasteiger partial charge in [-0.25, -0.2) is 12.7 Å². The highest BCUT2D eigenvalue weighted by molar-refractivity contribution is 7.89. The zero-order chi connectivity index (χ0) is 14.8. The molecule has 2 rings (SSSR count). The molecule has 2 heterocycles. The normalized spacial score (nSPS) is 27.1. The average molecular weight is 305 g/mol. The predicted molar refractivity (Wildman–Crippen MR) is 78.2 cm³/mol. The summed E-state index contributed by atoms with van der Waals surface area (Å²) in [6.07, 6.45) is 3.46. The second-order valence-electron chi connectivity index (χ2n) is 6.74. The maximum absolute atomic E-state index is 12.3. The fourth-order valence-corrected chi connectivity index (χ4v) is 4.55. The summed E-state index contributed by atoms with van der Waals surface area (Å²) in [4.78, 5) is 0. The van der Waals surface area contributed by atoms with E-state index in [1.54, 1.807) is 4.31 Å². The summed E-state index contributed by atoms with van der Waals surface area (Å²) < 4.78 is 37.6. The minimum absolute atomic E-state index is 0.108. The Morgan fingerprint density at radius 3 is 2.35 bits per heavy atom. The molecule has 1 atom stereocenters. The lowest BCUT2D eigenvalue weighted by atomic mass is 10.1. The monoisotopic (exact) mass is 305 g/mol. The third kappa shape index (κ3) is 4.69. The standard InChI is InChI=1S/C14H27NO4S/c1-14(2,3)19-12-6-8-15(9-7-12)20(16,17)11-13-5-4-10-18-13/h12-13H,4-11H2,1-3H3. The number of hydrogen-bond acceptors (Lipinski definition) is 4. The molecular weight excluding hydrogens is 278 g/mol. The first kappa shape index (κ1) is 16.2. The van der Waals surface area contributed by atoms with Crippen LogP contribution in [0.2, 0.25) is 0 Å². The molecule has 1 unspecified atom stereocenters. The van der Waals surface area contributed by atoms with Gasteiger partial charge >= 0.3 is 0 Å². The zero-order valence-electron chi connectivity index (χ0n) is 12.8. The summed E-state index contributed by atoms with van der Waals surface area (Å²) in [6, 6.07) is 0. The number of ether oxygens (including phenoxy) is 2. The van der Waals surface area contributed by atoms with E-state index in [9.17, 15) is 8.42 Å². The Bertz CT molecular complexity index is 401. The second kappa shape index (κ2) is 6.30. The molecule has 0 radical (unpaired) electrons. The lowest BCUT2D eigenvalue weighted by Crippen LogP contribution is -2.44. The maximum Gasteiger partial charge on any atom is 0.216 e. The van der Waals surface area contributed by atoms with Crippen LogP contribution in [0.25, 0.3) is 0 Å². The quantitative estimate of drug-likeness (QED) is 0.794. The summed E-state index contributed by atoms with van der Waals surface area (Å²) in [5, 5.41) is 0. The van der Waals surface area contributed by atoms with Crippen LogP contribution >= 0.6 is 0 Å². The summed E-state index contributed by atoms with van der Waals surface area (Å²) in [7, 11) is -3.18. The van der Waals surface area contributed by atoms with Crippen molar-refractivity contribution in [3.63, 3.8) is 0 Å². The summed E-state index contributed by atoms with van der Waals surface area (Å²) in [6.45, 7) is 7.93. The lowest BCUT2D eigenvalue weighted by molar-refractivity contribution is -0.0761. The molecule has 0 amide bonds. The van der Waals surface area contributed by atoms with E-state index in [0.717, 1.165) is 25.7 Å². The fraction of sp³-hybridized carbons (Fsp3) is 1.00. The van der Waals surface area contributed by atoms with Gasteiger partial charge in [-0.3, -0.25) is 0 Å². The maximum atomic E-state index is 12.3. The van der Waals surface area contributed by atoms with Gasteiger partial charge in [0.25, 0.3) is 0 Å². The lowest BCUT2D eigenvalue weighted by Gasteiger charge is -2.35. The molecule has 0 saturated carbocycles.